The van der Waals surface area contributed by atoms with E-state index in [4.69, 9.17) is 5.73 Å². The van der Waals surface area contributed by atoms with Crippen molar-refractivity contribution in [2.75, 3.05) is 0 Å². The minimum absolute atomic E-state index is 0.402. The first-order valence-electron chi connectivity index (χ1n) is 6.50. The highest BCUT2D eigenvalue weighted by atomic mass is 16.2. The van der Waals surface area contributed by atoms with E-state index in [1.165, 1.54) is 6.08 Å². The number of rotatable bonds is 1. The van der Waals surface area contributed by atoms with Crippen molar-refractivity contribution in [3.63, 3.8) is 0 Å². The quantitative estimate of drug-likeness (QED) is 0.632. The highest BCUT2D eigenvalue weighted by Gasteiger charge is 2.22. The molecule has 0 heterocycles. The van der Waals surface area contributed by atoms with Crippen LogP contribution < -0.4 is 5.73 Å². The van der Waals surface area contributed by atoms with Crippen molar-refractivity contribution >= 4 is 23.4 Å². The summed E-state index contributed by atoms with van der Waals surface area (Å²) in [6, 6.07) is 7.17. The van der Waals surface area contributed by atoms with Crippen molar-refractivity contribution in [1.29, 1.82) is 0 Å². The summed E-state index contributed by atoms with van der Waals surface area (Å²) in [5.74, 6) is -0.822. The van der Waals surface area contributed by atoms with E-state index in [0.717, 1.165) is 23.0 Å². The van der Waals surface area contributed by atoms with E-state index >= 15 is 0 Å². The summed E-state index contributed by atoms with van der Waals surface area (Å²) in [5.41, 5.74) is 9.04. The summed E-state index contributed by atoms with van der Waals surface area (Å²) in [5, 5.41) is 0. The number of carbonyl (C=O) groups is 3. The highest BCUT2D eigenvalue weighted by molar-refractivity contribution is 6.50. The van der Waals surface area contributed by atoms with Crippen LogP contribution in [-0.4, -0.2) is 17.9 Å². The molecule has 1 aromatic carbocycles. The topological polar surface area (TPSA) is 77.2 Å². The first-order chi connectivity index (χ1) is 10.0. The molecule has 2 N–H and O–H groups in total. The number of aldehydes is 1. The lowest BCUT2D eigenvalue weighted by Gasteiger charge is -2.11. The average molecular weight is 281 g/mol. The standard InChI is InChI=1S/C11H8O2.C6H7NO/c1-7-6-10(12)11(13)9-5-3-2-4-8(7)9;7-6-2-1-5(3-6)4-8/h2-6H,1H3;2-4H,1,7H2. The van der Waals surface area contributed by atoms with Crippen LogP contribution in [-0.2, 0) is 9.59 Å². The minimum atomic E-state index is -0.420. The number of allylic oxidation sites excluding steroid dienone is 5. The van der Waals surface area contributed by atoms with Gasteiger partial charge in [-0.3, -0.25) is 14.4 Å². The predicted octanol–water partition coefficient (Wildman–Crippen LogP) is 2.21. The van der Waals surface area contributed by atoms with Crippen LogP contribution in [0.15, 0.2) is 53.8 Å². The van der Waals surface area contributed by atoms with E-state index < -0.39 is 11.6 Å². The summed E-state index contributed by atoms with van der Waals surface area (Å²) < 4.78 is 0. The Kier molecular flexibility index (Phi) is 4.28. The van der Waals surface area contributed by atoms with E-state index in [9.17, 15) is 14.4 Å². The third kappa shape index (κ3) is 3.23. The van der Waals surface area contributed by atoms with Crippen LogP contribution in [0.3, 0.4) is 0 Å². The molecule has 0 atom stereocenters. The molecule has 0 aromatic heterocycles. The maximum Gasteiger partial charge on any atom is 0.233 e. The Bertz CT molecular complexity index is 709. The third-order valence-corrected chi connectivity index (χ3v) is 3.24. The van der Waals surface area contributed by atoms with Gasteiger partial charge >= 0.3 is 0 Å². The lowest BCUT2D eigenvalue weighted by atomic mass is 9.90. The van der Waals surface area contributed by atoms with Crippen molar-refractivity contribution in [1.82, 2.24) is 0 Å². The normalized spacial score (nSPS) is 16.1. The second kappa shape index (κ2) is 6.13. The van der Waals surface area contributed by atoms with Crippen molar-refractivity contribution in [2.45, 2.75) is 13.3 Å². The molecule has 4 nitrogen and oxygen atoms in total. The summed E-state index contributed by atoms with van der Waals surface area (Å²) >= 11 is 0. The molecule has 2 aliphatic rings. The molecular weight excluding hydrogens is 266 g/mol. The zero-order valence-electron chi connectivity index (χ0n) is 11.6. The van der Waals surface area contributed by atoms with Gasteiger partial charge in [0.05, 0.1) is 0 Å². The molecule has 3 rings (SSSR count). The van der Waals surface area contributed by atoms with Gasteiger partial charge in [-0.1, -0.05) is 30.3 Å². The van der Waals surface area contributed by atoms with Gasteiger partial charge in [0, 0.05) is 11.3 Å². The number of benzene rings is 1. The van der Waals surface area contributed by atoms with Gasteiger partial charge in [0.25, 0.3) is 0 Å². The van der Waals surface area contributed by atoms with E-state index in [0.29, 0.717) is 17.7 Å². The van der Waals surface area contributed by atoms with Crippen LogP contribution in [0.1, 0.15) is 29.3 Å². The van der Waals surface area contributed by atoms with Gasteiger partial charge in [0.2, 0.25) is 11.6 Å². The molecule has 0 spiro atoms. The molecule has 0 unspecified atom stereocenters. The molecular formula is C17H15NO3. The fraction of sp³-hybridized carbons (Fsp3) is 0.118. The van der Waals surface area contributed by atoms with E-state index in [-0.39, 0.29) is 0 Å². The van der Waals surface area contributed by atoms with Gasteiger partial charge in [0.15, 0.2) is 0 Å². The highest BCUT2D eigenvalue weighted by Crippen LogP contribution is 2.23. The molecule has 0 saturated carbocycles. The minimum Gasteiger partial charge on any atom is -0.399 e. The number of fused-ring (bicyclic) bond motifs is 1. The SMILES string of the molecule is CC1=CC(=O)C(=O)c2ccccc21.NC1=CCC(C=O)=C1. The molecule has 2 aliphatic carbocycles. The summed E-state index contributed by atoms with van der Waals surface area (Å²) in [7, 11) is 0. The Hall–Kier alpha value is -2.75. The Morgan fingerprint density at radius 1 is 1.10 bits per heavy atom. The van der Waals surface area contributed by atoms with Crippen molar-refractivity contribution in [2.24, 2.45) is 5.73 Å². The maximum atomic E-state index is 11.4. The van der Waals surface area contributed by atoms with E-state index in [1.807, 2.05) is 25.1 Å². The number of hydrogen-bond acceptors (Lipinski definition) is 4. The molecule has 1 aromatic rings. The molecule has 21 heavy (non-hydrogen) atoms. The summed E-state index contributed by atoms with van der Waals surface area (Å²) in [4.78, 5) is 32.5. The zero-order chi connectivity index (χ0) is 15.4. The van der Waals surface area contributed by atoms with Crippen LogP contribution in [0.5, 0.6) is 0 Å². The second-order valence-electron chi connectivity index (χ2n) is 4.81. The fourth-order valence-corrected chi connectivity index (χ4v) is 2.15. The Balaban J connectivity index is 0.000000173. The molecule has 4 heteroatoms. The predicted molar refractivity (Wildman–Crippen MR) is 80.5 cm³/mol. The molecule has 0 saturated heterocycles. The largest absolute Gasteiger partial charge is 0.399 e. The molecule has 0 amide bonds. The molecule has 0 bridgehead atoms. The van der Waals surface area contributed by atoms with Crippen LogP contribution in [0.25, 0.3) is 5.57 Å². The number of ketones is 2. The smallest absolute Gasteiger partial charge is 0.233 e. The molecule has 0 fully saturated rings. The van der Waals surface area contributed by atoms with Crippen LogP contribution in [0, 0.1) is 0 Å². The monoisotopic (exact) mass is 281 g/mol. The number of Topliss-reactive ketones (excluding diaryl/α,β-unsaturated/α-hetero) is 1. The van der Waals surface area contributed by atoms with Crippen LogP contribution >= 0.6 is 0 Å². The van der Waals surface area contributed by atoms with Gasteiger partial charge in [-0.25, -0.2) is 0 Å². The van der Waals surface area contributed by atoms with Crippen molar-refractivity contribution in [3.8, 4) is 0 Å². The fourth-order valence-electron chi connectivity index (χ4n) is 2.15. The van der Waals surface area contributed by atoms with Gasteiger partial charge in [-0.05, 0) is 42.2 Å². The Labute approximate surface area is 122 Å². The van der Waals surface area contributed by atoms with Gasteiger partial charge in [-0.15, -0.1) is 0 Å². The average Bonchev–Trinajstić information content (AvgIpc) is 2.91. The summed E-state index contributed by atoms with van der Waals surface area (Å²) in [6.07, 6.45) is 6.44. The number of nitrogens with two attached hydrogens (primary N) is 1. The number of hydrogen-bond donors (Lipinski definition) is 1. The van der Waals surface area contributed by atoms with Crippen LogP contribution in [0.4, 0.5) is 0 Å². The van der Waals surface area contributed by atoms with Crippen molar-refractivity contribution in [3.05, 3.63) is 64.9 Å². The Morgan fingerprint density at radius 2 is 1.76 bits per heavy atom. The Morgan fingerprint density at radius 3 is 2.29 bits per heavy atom. The van der Waals surface area contributed by atoms with Gasteiger partial charge in [-0.2, -0.15) is 0 Å². The maximum absolute atomic E-state index is 11.4. The zero-order valence-corrected chi connectivity index (χ0v) is 11.6. The van der Waals surface area contributed by atoms with Gasteiger partial charge in [0.1, 0.15) is 6.29 Å². The second-order valence-corrected chi connectivity index (χ2v) is 4.81. The molecule has 106 valence electrons. The summed E-state index contributed by atoms with van der Waals surface area (Å²) in [6.45, 7) is 1.84. The van der Waals surface area contributed by atoms with E-state index in [2.05, 4.69) is 0 Å². The lowest BCUT2D eigenvalue weighted by molar-refractivity contribution is -0.111. The first-order valence-corrected chi connectivity index (χ1v) is 6.50. The number of carbonyl (C=O) groups excluding carboxylic acids is 3. The van der Waals surface area contributed by atoms with Crippen LogP contribution in [0.2, 0.25) is 0 Å². The van der Waals surface area contributed by atoms with Crippen molar-refractivity contribution < 1.29 is 14.4 Å². The molecule has 0 aliphatic heterocycles. The van der Waals surface area contributed by atoms with Gasteiger partial charge < -0.3 is 5.73 Å². The third-order valence-electron chi connectivity index (χ3n) is 3.24. The van der Waals surface area contributed by atoms with E-state index in [1.54, 1.807) is 18.2 Å². The molecule has 0 radical (unpaired) electrons. The lowest BCUT2D eigenvalue weighted by Crippen LogP contribution is -2.17. The first kappa shape index (κ1) is 14.7.